The van der Waals surface area contributed by atoms with Crippen LogP contribution in [0.15, 0.2) is 18.0 Å². The lowest BCUT2D eigenvalue weighted by Crippen LogP contribution is -1.98. The second kappa shape index (κ2) is 3.19. The molecule has 0 saturated heterocycles. The van der Waals surface area contributed by atoms with E-state index >= 15 is 0 Å². The molecule has 10 heavy (non-hydrogen) atoms. The van der Waals surface area contributed by atoms with E-state index in [4.69, 9.17) is 17.3 Å². The van der Waals surface area contributed by atoms with Crippen molar-refractivity contribution in [1.82, 2.24) is 0 Å². The highest BCUT2D eigenvalue weighted by Crippen LogP contribution is 2.23. The number of thiophene rings is 1. The van der Waals surface area contributed by atoms with E-state index in [2.05, 4.69) is 6.58 Å². The Labute approximate surface area is 69.1 Å². The Kier molecular flexibility index (Phi) is 2.49. The molecule has 1 aromatic rings. The Morgan fingerprint density at radius 2 is 2.50 bits per heavy atom. The van der Waals surface area contributed by atoms with Crippen LogP contribution >= 0.6 is 22.9 Å². The molecule has 3 heteroatoms. The molecule has 1 aromatic heterocycles. The van der Waals surface area contributed by atoms with Gasteiger partial charge in [0.1, 0.15) is 0 Å². The summed E-state index contributed by atoms with van der Waals surface area (Å²) in [6, 6.07) is 1.88. The maximum absolute atomic E-state index is 5.69. The summed E-state index contributed by atoms with van der Waals surface area (Å²) in [7, 11) is 0. The molecule has 0 saturated carbocycles. The van der Waals surface area contributed by atoms with Gasteiger partial charge in [-0.15, -0.1) is 11.3 Å². The summed E-state index contributed by atoms with van der Waals surface area (Å²) < 4.78 is 0. The quantitative estimate of drug-likeness (QED) is 0.730. The van der Waals surface area contributed by atoms with E-state index in [1.165, 1.54) is 0 Å². The predicted octanol–water partition coefficient (Wildman–Crippen LogP) is 2.37. The van der Waals surface area contributed by atoms with Crippen molar-refractivity contribution in [3.05, 3.63) is 27.9 Å². The predicted molar refractivity (Wildman–Crippen MR) is 47.4 cm³/mol. The molecule has 0 aromatic carbocycles. The molecule has 0 bridgehead atoms. The summed E-state index contributed by atoms with van der Waals surface area (Å²) in [5.74, 6) is 0. The monoisotopic (exact) mass is 173 g/mol. The van der Waals surface area contributed by atoms with Crippen LogP contribution in [0.4, 0.5) is 0 Å². The van der Waals surface area contributed by atoms with Crippen LogP contribution in [0, 0.1) is 0 Å². The van der Waals surface area contributed by atoms with Crippen molar-refractivity contribution in [3.63, 3.8) is 0 Å². The third-order valence-corrected chi connectivity index (χ3v) is 2.54. The Balaban J connectivity index is 2.85. The summed E-state index contributed by atoms with van der Waals surface area (Å²) in [5.41, 5.74) is 6.32. The maximum atomic E-state index is 5.69. The van der Waals surface area contributed by atoms with Gasteiger partial charge in [0.05, 0.1) is 5.02 Å². The highest BCUT2D eigenvalue weighted by molar-refractivity contribution is 7.11. The smallest absolute Gasteiger partial charge is 0.0519 e. The van der Waals surface area contributed by atoms with Gasteiger partial charge < -0.3 is 5.73 Å². The first-order chi connectivity index (χ1) is 4.74. The van der Waals surface area contributed by atoms with E-state index in [1.807, 2.05) is 11.4 Å². The third kappa shape index (κ3) is 1.59. The molecule has 1 nitrogen and oxygen atoms in total. The van der Waals surface area contributed by atoms with Gasteiger partial charge in [-0.25, -0.2) is 0 Å². The van der Waals surface area contributed by atoms with Crippen LogP contribution in [0.25, 0.3) is 5.57 Å². The minimum absolute atomic E-state index is 0.497. The van der Waals surface area contributed by atoms with Crippen molar-refractivity contribution in [1.29, 1.82) is 0 Å². The maximum Gasteiger partial charge on any atom is 0.0519 e. The molecule has 0 spiro atoms. The van der Waals surface area contributed by atoms with Gasteiger partial charge in [-0.1, -0.05) is 18.2 Å². The van der Waals surface area contributed by atoms with Crippen LogP contribution in [0.3, 0.4) is 0 Å². The first-order valence-corrected chi connectivity index (χ1v) is 4.12. The third-order valence-electron chi connectivity index (χ3n) is 1.16. The van der Waals surface area contributed by atoms with Crippen molar-refractivity contribution < 1.29 is 0 Å². The van der Waals surface area contributed by atoms with E-state index in [0.717, 1.165) is 15.5 Å². The van der Waals surface area contributed by atoms with Crippen LogP contribution in [0.2, 0.25) is 5.02 Å². The standard InChI is InChI=1S/C7H8ClNS/c1-5(3-9)7-2-6(8)4-10-7/h2,4H,1,3,9H2. The van der Waals surface area contributed by atoms with Crippen molar-refractivity contribution in [3.8, 4) is 0 Å². The van der Waals surface area contributed by atoms with E-state index in [1.54, 1.807) is 11.3 Å². The topological polar surface area (TPSA) is 26.0 Å². The number of nitrogens with two attached hydrogens (primary N) is 1. The minimum Gasteiger partial charge on any atom is -0.326 e. The van der Waals surface area contributed by atoms with Gasteiger partial charge in [-0.3, -0.25) is 0 Å². The van der Waals surface area contributed by atoms with Crippen molar-refractivity contribution in [2.75, 3.05) is 6.54 Å². The average Bonchev–Trinajstić information content (AvgIpc) is 2.34. The number of rotatable bonds is 2. The average molecular weight is 174 g/mol. The van der Waals surface area contributed by atoms with Crippen LogP contribution in [-0.4, -0.2) is 6.54 Å². The summed E-state index contributed by atoms with van der Waals surface area (Å²) in [6.07, 6.45) is 0. The highest BCUT2D eigenvalue weighted by atomic mass is 35.5. The first kappa shape index (κ1) is 7.79. The fourth-order valence-electron chi connectivity index (χ4n) is 0.599. The van der Waals surface area contributed by atoms with E-state index in [-0.39, 0.29) is 0 Å². The van der Waals surface area contributed by atoms with Gasteiger partial charge in [0.15, 0.2) is 0 Å². The summed E-state index contributed by atoms with van der Waals surface area (Å²) in [6.45, 7) is 4.28. The van der Waals surface area contributed by atoms with Crippen molar-refractivity contribution >= 4 is 28.5 Å². The molecule has 54 valence electrons. The second-order valence-electron chi connectivity index (χ2n) is 1.94. The zero-order chi connectivity index (χ0) is 7.56. The second-order valence-corrected chi connectivity index (χ2v) is 3.28. The van der Waals surface area contributed by atoms with E-state index in [9.17, 15) is 0 Å². The lowest BCUT2D eigenvalue weighted by Gasteiger charge is -1.93. The molecule has 0 unspecified atom stereocenters. The number of halogens is 1. The van der Waals surface area contributed by atoms with E-state index < -0.39 is 0 Å². The SMILES string of the molecule is C=C(CN)c1cc(Cl)cs1. The highest BCUT2D eigenvalue weighted by Gasteiger charge is 1.98. The van der Waals surface area contributed by atoms with Gasteiger partial charge in [-0.2, -0.15) is 0 Å². The molecule has 0 fully saturated rings. The van der Waals surface area contributed by atoms with Crippen molar-refractivity contribution in [2.45, 2.75) is 0 Å². The molecule has 0 radical (unpaired) electrons. The van der Waals surface area contributed by atoms with E-state index in [0.29, 0.717) is 6.54 Å². The largest absolute Gasteiger partial charge is 0.326 e. The molecule has 2 N–H and O–H groups in total. The Bertz CT molecular complexity index is 242. The molecule has 1 heterocycles. The fraction of sp³-hybridized carbons (Fsp3) is 0.143. The van der Waals surface area contributed by atoms with Crippen LogP contribution < -0.4 is 5.73 Å². The van der Waals surface area contributed by atoms with Gasteiger partial charge in [-0.05, 0) is 11.6 Å². The Hall–Kier alpha value is -0.310. The molecule has 0 aliphatic carbocycles. The van der Waals surface area contributed by atoms with Gasteiger partial charge in [0.2, 0.25) is 0 Å². The van der Waals surface area contributed by atoms with Crippen molar-refractivity contribution in [2.24, 2.45) is 5.73 Å². The van der Waals surface area contributed by atoms with Gasteiger partial charge in [0, 0.05) is 16.8 Å². The van der Waals surface area contributed by atoms with Crippen LogP contribution in [-0.2, 0) is 0 Å². The zero-order valence-corrected chi connectivity index (χ0v) is 7.00. The van der Waals surface area contributed by atoms with Gasteiger partial charge in [0.25, 0.3) is 0 Å². The van der Waals surface area contributed by atoms with Gasteiger partial charge >= 0.3 is 0 Å². The van der Waals surface area contributed by atoms with Crippen LogP contribution in [0.1, 0.15) is 4.88 Å². The fourth-order valence-corrected chi connectivity index (χ4v) is 1.66. The molecular formula is C7H8ClNS. The number of hydrogen-bond acceptors (Lipinski definition) is 2. The summed E-state index contributed by atoms with van der Waals surface area (Å²) in [5, 5.41) is 2.63. The molecule has 0 atom stereocenters. The normalized spacial score (nSPS) is 9.80. The lowest BCUT2D eigenvalue weighted by atomic mass is 10.2. The van der Waals surface area contributed by atoms with Crippen LogP contribution in [0.5, 0.6) is 0 Å². The molecule has 0 amide bonds. The zero-order valence-electron chi connectivity index (χ0n) is 5.43. The number of hydrogen-bond donors (Lipinski definition) is 1. The Morgan fingerprint density at radius 1 is 1.80 bits per heavy atom. The molecule has 0 aliphatic rings. The minimum atomic E-state index is 0.497. The molecular weight excluding hydrogens is 166 g/mol. The molecule has 1 rings (SSSR count). The Morgan fingerprint density at radius 3 is 2.90 bits per heavy atom. The lowest BCUT2D eigenvalue weighted by molar-refractivity contribution is 1.28. The summed E-state index contributed by atoms with van der Waals surface area (Å²) in [4.78, 5) is 1.08. The molecule has 0 aliphatic heterocycles. The first-order valence-electron chi connectivity index (χ1n) is 2.86. The summed E-state index contributed by atoms with van der Waals surface area (Å²) >= 11 is 7.26.